The minimum Gasteiger partial charge on any atom is -0.457 e. The van der Waals surface area contributed by atoms with E-state index in [1.807, 2.05) is 56.6 Å². The molecule has 0 spiro atoms. The van der Waals surface area contributed by atoms with Crippen molar-refractivity contribution >= 4 is 28.3 Å². The largest absolute Gasteiger partial charge is 0.457 e. The Morgan fingerprint density at radius 3 is 2.54 bits per heavy atom. The maximum Gasteiger partial charge on any atom is 0.323 e. The van der Waals surface area contributed by atoms with Crippen LogP contribution in [0, 0.1) is 12.7 Å². The Balaban J connectivity index is 1.17. The molecule has 0 bridgehead atoms. The van der Waals surface area contributed by atoms with Crippen LogP contribution >= 0.6 is 0 Å². The summed E-state index contributed by atoms with van der Waals surface area (Å²) in [5.41, 5.74) is 5.13. The van der Waals surface area contributed by atoms with Crippen molar-refractivity contribution in [2.45, 2.75) is 6.92 Å². The first-order valence-electron chi connectivity index (χ1n) is 12.7. The molecule has 2 N–H and O–H groups in total. The smallest absolute Gasteiger partial charge is 0.323 e. The number of ether oxygens (including phenoxy) is 1. The van der Waals surface area contributed by atoms with E-state index in [1.165, 1.54) is 12.1 Å². The molecule has 0 aliphatic carbocycles. The molecule has 0 aliphatic heterocycles. The van der Waals surface area contributed by atoms with E-state index in [-0.39, 0.29) is 11.4 Å². The summed E-state index contributed by atoms with van der Waals surface area (Å²) in [5, 5.41) is 10.5. The second-order valence-corrected chi connectivity index (χ2v) is 9.42. The number of carbonyl (C=O) groups excluding carboxylic acids is 1. The molecule has 0 radical (unpaired) electrons. The van der Waals surface area contributed by atoms with Crippen LogP contribution in [0.1, 0.15) is 5.56 Å². The van der Waals surface area contributed by atoms with Gasteiger partial charge in [-0.3, -0.25) is 19.6 Å². The highest BCUT2D eigenvalue weighted by molar-refractivity contribution is 6.02. The lowest BCUT2D eigenvalue weighted by Crippen LogP contribution is -2.21. The Hall–Kier alpha value is -5.64. The maximum absolute atomic E-state index is 15.0. The summed E-state index contributed by atoms with van der Waals surface area (Å²) in [6.45, 7) is 1.88. The minimum atomic E-state index is -0.649. The molecule has 4 aromatic heterocycles. The predicted molar refractivity (Wildman–Crippen MR) is 155 cm³/mol. The molecule has 6 aromatic rings. The van der Waals surface area contributed by atoms with E-state index < -0.39 is 11.8 Å². The van der Waals surface area contributed by atoms with Crippen molar-refractivity contribution in [3.63, 3.8) is 0 Å². The lowest BCUT2D eigenvalue weighted by atomic mass is 10.1. The van der Waals surface area contributed by atoms with Crippen molar-refractivity contribution in [1.29, 1.82) is 0 Å². The molecule has 0 atom stereocenters. The van der Waals surface area contributed by atoms with Crippen LogP contribution < -0.4 is 15.4 Å². The van der Waals surface area contributed by atoms with Gasteiger partial charge in [0.15, 0.2) is 0 Å². The highest BCUT2D eigenvalue weighted by Crippen LogP contribution is 2.30. The van der Waals surface area contributed by atoms with Crippen LogP contribution in [0.2, 0.25) is 0 Å². The fraction of sp³-hybridized carbons (Fsp3) is 0.0645. The Morgan fingerprint density at radius 2 is 1.71 bits per heavy atom. The first-order valence-corrected chi connectivity index (χ1v) is 12.7. The quantitative estimate of drug-likeness (QED) is 0.234. The molecular weight excluding hydrogens is 521 g/mol. The molecule has 0 unspecified atom stereocenters. The van der Waals surface area contributed by atoms with E-state index in [2.05, 4.69) is 30.7 Å². The molecule has 0 saturated heterocycles. The number of benzene rings is 2. The van der Waals surface area contributed by atoms with Gasteiger partial charge in [-0.15, -0.1) is 0 Å². The standard InChI is InChI=1S/C31H24FN7O2/c1-19-12-29(30(35-16-19)21-5-7-26-20(13-21)4-3-10-33-26)38-31(40)37-27-8-6-23(14-25(27)32)41-24-9-11-34-28(15-24)22-17-36-39(2)18-22/h3-18H,1-2H3,(H2,37,38,40). The van der Waals surface area contributed by atoms with Crippen LogP contribution in [-0.4, -0.2) is 30.8 Å². The number of amides is 2. The number of hydrogen-bond donors (Lipinski definition) is 2. The molecule has 10 heteroatoms. The second-order valence-electron chi connectivity index (χ2n) is 9.42. The van der Waals surface area contributed by atoms with Gasteiger partial charge >= 0.3 is 6.03 Å². The molecule has 9 nitrogen and oxygen atoms in total. The third kappa shape index (κ3) is 5.71. The number of urea groups is 1. The summed E-state index contributed by atoms with van der Waals surface area (Å²) in [5.74, 6) is 0.109. The number of pyridine rings is 3. The summed E-state index contributed by atoms with van der Waals surface area (Å²) in [6, 6.07) is 18.5. The zero-order valence-corrected chi connectivity index (χ0v) is 22.2. The predicted octanol–water partition coefficient (Wildman–Crippen LogP) is 6.98. The van der Waals surface area contributed by atoms with Gasteiger partial charge in [0.2, 0.25) is 0 Å². The Kier molecular flexibility index (Phi) is 6.78. The van der Waals surface area contributed by atoms with Gasteiger partial charge in [-0.1, -0.05) is 12.1 Å². The fourth-order valence-electron chi connectivity index (χ4n) is 4.38. The van der Waals surface area contributed by atoms with Crippen LogP contribution in [0.15, 0.2) is 97.7 Å². The van der Waals surface area contributed by atoms with Gasteiger partial charge in [0.1, 0.15) is 17.3 Å². The van der Waals surface area contributed by atoms with Gasteiger partial charge in [-0.05, 0) is 55.0 Å². The Bertz CT molecular complexity index is 1900. The lowest BCUT2D eigenvalue weighted by molar-refractivity contribution is 0.262. The van der Waals surface area contributed by atoms with E-state index >= 15 is 0 Å². The highest BCUT2D eigenvalue weighted by Gasteiger charge is 2.14. The highest BCUT2D eigenvalue weighted by atomic mass is 19.1. The van der Waals surface area contributed by atoms with Crippen LogP contribution in [0.5, 0.6) is 11.5 Å². The van der Waals surface area contributed by atoms with Gasteiger partial charge in [0, 0.05) is 60.5 Å². The summed E-state index contributed by atoms with van der Waals surface area (Å²) >= 11 is 0. The first-order chi connectivity index (χ1) is 19.9. The monoisotopic (exact) mass is 545 g/mol. The normalized spacial score (nSPS) is 10.9. The van der Waals surface area contributed by atoms with Crippen molar-refractivity contribution in [3.8, 4) is 34.0 Å². The van der Waals surface area contributed by atoms with Crippen LogP contribution in [0.4, 0.5) is 20.6 Å². The Labute approximate surface area is 234 Å². The molecule has 0 aliphatic rings. The van der Waals surface area contributed by atoms with Gasteiger partial charge in [0.05, 0.1) is 34.5 Å². The second kappa shape index (κ2) is 10.9. The van der Waals surface area contributed by atoms with E-state index in [4.69, 9.17) is 4.74 Å². The molecule has 0 saturated carbocycles. The molecule has 202 valence electrons. The fourth-order valence-corrected chi connectivity index (χ4v) is 4.38. The van der Waals surface area contributed by atoms with Crippen molar-refractivity contribution in [2.24, 2.45) is 7.05 Å². The third-order valence-electron chi connectivity index (χ3n) is 6.31. The zero-order chi connectivity index (χ0) is 28.3. The average Bonchev–Trinajstić information content (AvgIpc) is 3.41. The number of carbonyl (C=O) groups is 1. The third-order valence-corrected chi connectivity index (χ3v) is 6.31. The SMILES string of the molecule is Cc1cnc(-c2ccc3ncccc3c2)c(NC(=O)Nc2ccc(Oc3ccnc(-c4cnn(C)c4)c3)cc2F)c1. The first kappa shape index (κ1) is 25.6. The van der Waals surface area contributed by atoms with Gasteiger partial charge in [-0.2, -0.15) is 5.10 Å². The maximum atomic E-state index is 15.0. The van der Waals surface area contributed by atoms with Gasteiger partial charge in [-0.25, -0.2) is 9.18 Å². The topological polar surface area (TPSA) is 107 Å². The molecule has 0 fully saturated rings. The number of nitrogens with one attached hydrogen (secondary N) is 2. The van der Waals surface area contributed by atoms with E-state index in [9.17, 15) is 9.18 Å². The van der Waals surface area contributed by atoms with Crippen molar-refractivity contribution in [3.05, 3.63) is 109 Å². The van der Waals surface area contributed by atoms with Crippen LogP contribution in [0.25, 0.3) is 33.4 Å². The number of hydrogen-bond acceptors (Lipinski definition) is 6. The number of rotatable bonds is 6. The van der Waals surface area contributed by atoms with Crippen molar-refractivity contribution < 1.29 is 13.9 Å². The van der Waals surface area contributed by atoms with E-state index in [0.29, 0.717) is 22.8 Å². The average molecular weight is 546 g/mol. The molecule has 41 heavy (non-hydrogen) atoms. The molecule has 4 heterocycles. The molecular formula is C31H24FN7O2. The summed E-state index contributed by atoms with van der Waals surface area (Å²) in [7, 11) is 1.82. The number of nitrogens with zero attached hydrogens (tertiary/aromatic N) is 5. The molecule has 6 rings (SSSR count). The number of aromatic nitrogens is 5. The number of halogens is 1. The minimum absolute atomic E-state index is 0.000399. The number of fused-ring (bicyclic) bond motifs is 1. The van der Waals surface area contributed by atoms with Crippen molar-refractivity contribution in [2.75, 3.05) is 10.6 Å². The van der Waals surface area contributed by atoms with E-state index in [1.54, 1.807) is 47.7 Å². The van der Waals surface area contributed by atoms with Gasteiger partial charge in [0.25, 0.3) is 0 Å². The zero-order valence-electron chi connectivity index (χ0n) is 22.2. The van der Waals surface area contributed by atoms with Crippen LogP contribution in [0.3, 0.4) is 0 Å². The van der Waals surface area contributed by atoms with Gasteiger partial charge < -0.3 is 15.4 Å². The molecule has 2 amide bonds. The van der Waals surface area contributed by atoms with Crippen molar-refractivity contribution in [1.82, 2.24) is 24.7 Å². The lowest BCUT2D eigenvalue weighted by Gasteiger charge is -2.14. The number of aryl methyl sites for hydroxylation is 2. The summed E-state index contributed by atoms with van der Waals surface area (Å²) in [4.78, 5) is 26.2. The van der Waals surface area contributed by atoms with E-state index in [0.717, 1.165) is 27.6 Å². The summed E-state index contributed by atoms with van der Waals surface area (Å²) < 4.78 is 22.5. The summed E-state index contributed by atoms with van der Waals surface area (Å²) in [6.07, 6.45) is 8.61. The molecule has 2 aromatic carbocycles. The van der Waals surface area contributed by atoms with Crippen LogP contribution in [-0.2, 0) is 7.05 Å². The Morgan fingerprint density at radius 1 is 0.854 bits per heavy atom. The number of anilines is 2.